The molecule has 0 spiro atoms. The molecule has 14 heavy (non-hydrogen) atoms. The molecule has 2 rings (SSSR count). The average Bonchev–Trinajstić information content (AvgIpc) is 2.19. The van der Waals surface area contributed by atoms with Gasteiger partial charge in [-0.2, -0.15) is 0 Å². The minimum Gasteiger partial charge on any atom is -0.507 e. The number of hydrogen-bond donors (Lipinski definition) is 2. The summed E-state index contributed by atoms with van der Waals surface area (Å²) in [6.45, 7) is 0. The lowest BCUT2D eigenvalue weighted by Crippen LogP contribution is -2.21. The van der Waals surface area contributed by atoms with E-state index < -0.39 is 0 Å². The van der Waals surface area contributed by atoms with Gasteiger partial charge in [-0.25, -0.2) is 0 Å². The van der Waals surface area contributed by atoms with E-state index in [1.54, 1.807) is 12.1 Å². The molecule has 0 unspecified atom stereocenters. The topological polar surface area (TPSA) is 32.3 Å². The van der Waals surface area contributed by atoms with Crippen molar-refractivity contribution >= 4 is 5.69 Å². The van der Waals surface area contributed by atoms with Gasteiger partial charge in [-0.3, -0.25) is 0 Å². The van der Waals surface area contributed by atoms with Gasteiger partial charge >= 0.3 is 0 Å². The summed E-state index contributed by atoms with van der Waals surface area (Å²) < 4.78 is 0. The second-order valence-electron chi connectivity index (χ2n) is 3.94. The van der Waals surface area contributed by atoms with Crippen LogP contribution in [0.5, 0.6) is 5.75 Å². The van der Waals surface area contributed by atoms with Gasteiger partial charge in [0.1, 0.15) is 5.75 Å². The normalized spacial score (nSPS) is 18.0. The van der Waals surface area contributed by atoms with Crippen LogP contribution in [-0.2, 0) is 0 Å². The van der Waals surface area contributed by atoms with Crippen molar-refractivity contribution in [2.75, 3.05) is 5.32 Å². The Labute approximate surface area is 85.0 Å². The van der Waals surface area contributed by atoms with Crippen LogP contribution in [0.3, 0.4) is 0 Å². The van der Waals surface area contributed by atoms with E-state index in [2.05, 4.69) is 11.4 Å². The zero-order chi connectivity index (χ0) is 9.80. The second-order valence-corrected chi connectivity index (χ2v) is 3.94. The van der Waals surface area contributed by atoms with Gasteiger partial charge in [-0.15, -0.1) is 0 Å². The highest BCUT2D eigenvalue weighted by molar-refractivity contribution is 5.47. The Morgan fingerprint density at radius 1 is 1.29 bits per heavy atom. The molecule has 1 radical (unpaired) electrons. The molecule has 1 aromatic carbocycles. The minimum absolute atomic E-state index is 0.214. The number of aromatic hydroxyl groups is 1. The number of nitrogens with one attached hydrogen (secondary N) is 1. The lowest BCUT2D eigenvalue weighted by atomic mass is 9.95. The lowest BCUT2D eigenvalue weighted by molar-refractivity contribution is 0.461. The van der Waals surface area contributed by atoms with Crippen LogP contribution in [0.25, 0.3) is 0 Å². The van der Waals surface area contributed by atoms with Crippen molar-refractivity contribution in [2.24, 2.45) is 0 Å². The first-order valence-electron chi connectivity index (χ1n) is 5.32. The molecule has 0 heterocycles. The summed E-state index contributed by atoms with van der Waals surface area (Å²) in [7, 11) is 0. The maximum atomic E-state index is 9.25. The maximum Gasteiger partial charge on any atom is 0.125 e. The molecule has 2 N–H and O–H groups in total. The molecule has 1 saturated carbocycles. The van der Waals surface area contributed by atoms with E-state index in [4.69, 9.17) is 0 Å². The Kier molecular flexibility index (Phi) is 2.92. The largest absolute Gasteiger partial charge is 0.507 e. The number of phenols is 1. The number of hydrogen-bond acceptors (Lipinski definition) is 2. The highest BCUT2D eigenvalue weighted by atomic mass is 16.3. The van der Waals surface area contributed by atoms with Crippen LogP contribution in [-0.4, -0.2) is 11.1 Å². The highest BCUT2D eigenvalue weighted by Gasteiger charge is 2.12. The predicted octanol–water partition coefficient (Wildman–Crippen LogP) is 2.94. The quantitative estimate of drug-likeness (QED) is 0.751. The molecule has 2 heteroatoms. The van der Waals surface area contributed by atoms with E-state index in [-0.39, 0.29) is 5.75 Å². The lowest BCUT2D eigenvalue weighted by Gasteiger charge is -2.23. The summed E-state index contributed by atoms with van der Waals surface area (Å²) in [5, 5.41) is 12.7. The van der Waals surface area contributed by atoms with Crippen molar-refractivity contribution in [1.29, 1.82) is 0 Å². The van der Waals surface area contributed by atoms with Gasteiger partial charge in [0.15, 0.2) is 0 Å². The van der Waals surface area contributed by atoms with E-state index in [1.165, 1.54) is 32.1 Å². The Morgan fingerprint density at radius 2 is 2.07 bits per heavy atom. The predicted molar refractivity (Wildman–Crippen MR) is 57.4 cm³/mol. The van der Waals surface area contributed by atoms with Crippen molar-refractivity contribution in [2.45, 2.75) is 38.1 Å². The smallest absolute Gasteiger partial charge is 0.125 e. The van der Waals surface area contributed by atoms with Crippen molar-refractivity contribution < 1.29 is 5.11 Å². The van der Waals surface area contributed by atoms with Crippen molar-refractivity contribution in [3.8, 4) is 5.75 Å². The first kappa shape index (κ1) is 9.38. The molecular formula is C12H16NO. The third-order valence-corrected chi connectivity index (χ3v) is 2.76. The SMILES string of the molecule is Oc1[c]ccc(NC2CCCCC2)c1. The van der Waals surface area contributed by atoms with E-state index in [1.807, 2.05) is 6.07 Å². The Morgan fingerprint density at radius 3 is 2.79 bits per heavy atom. The molecular weight excluding hydrogens is 174 g/mol. The third-order valence-electron chi connectivity index (χ3n) is 2.76. The van der Waals surface area contributed by atoms with Gasteiger partial charge in [0.25, 0.3) is 0 Å². The standard InChI is InChI=1S/C12H16NO/c14-12-8-4-7-11(9-12)13-10-5-2-1-3-6-10/h4,7,9-10,13-14H,1-3,5-6H2. The van der Waals surface area contributed by atoms with Gasteiger partial charge in [-0.05, 0) is 25.0 Å². The first-order chi connectivity index (χ1) is 6.84. The molecule has 1 aliphatic rings. The zero-order valence-corrected chi connectivity index (χ0v) is 8.29. The van der Waals surface area contributed by atoms with Crippen molar-refractivity contribution in [1.82, 2.24) is 0 Å². The summed E-state index contributed by atoms with van der Waals surface area (Å²) in [6, 6.07) is 8.75. The maximum absolute atomic E-state index is 9.25. The van der Waals surface area contributed by atoms with Crippen LogP contribution in [0, 0.1) is 6.07 Å². The summed E-state index contributed by atoms with van der Waals surface area (Å²) in [5.41, 5.74) is 1.01. The fraction of sp³-hybridized carbons (Fsp3) is 0.500. The number of benzene rings is 1. The molecule has 1 aliphatic carbocycles. The van der Waals surface area contributed by atoms with E-state index in [0.29, 0.717) is 6.04 Å². The fourth-order valence-electron chi connectivity index (χ4n) is 2.03. The molecule has 0 bridgehead atoms. The molecule has 1 fully saturated rings. The molecule has 2 nitrogen and oxygen atoms in total. The number of anilines is 1. The van der Waals surface area contributed by atoms with Crippen LogP contribution in [0.1, 0.15) is 32.1 Å². The van der Waals surface area contributed by atoms with Crippen LogP contribution >= 0.6 is 0 Å². The molecule has 0 aliphatic heterocycles. The second kappa shape index (κ2) is 4.36. The van der Waals surface area contributed by atoms with Crippen LogP contribution < -0.4 is 5.32 Å². The van der Waals surface area contributed by atoms with Crippen LogP contribution in [0.15, 0.2) is 18.2 Å². The van der Waals surface area contributed by atoms with Gasteiger partial charge in [-0.1, -0.05) is 19.3 Å². The summed E-state index contributed by atoms with van der Waals surface area (Å²) in [4.78, 5) is 0. The van der Waals surface area contributed by atoms with E-state index in [9.17, 15) is 5.11 Å². The Balaban J connectivity index is 1.95. The summed E-state index contributed by atoms with van der Waals surface area (Å²) in [5.74, 6) is 0.214. The first-order valence-corrected chi connectivity index (χ1v) is 5.32. The van der Waals surface area contributed by atoms with Gasteiger partial charge in [0.05, 0.1) is 0 Å². The number of rotatable bonds is 2. The molecule has 0 amide bonds. The third kappa shape index (κ3) is 2.41. The highest BCUT2D eigenvalue weighted by Crippen LogP contribution is 2.23. The van der Waals surface area contributed by atoms with Crippen molar-refractivity contribution in [3.63, 3.8) is 0 Å². The fourth-order valence-corrected chi connectivity index (χ4v) is 2.03. The summed E-state index contributed by atoms with van der Waals surface area (Å²) >= 11 is 0. The van der Waals surface area contributed by atoms with Crippen molar-refractivity contribution in [3.05, 3.63) is 24.3 Å². The monoisotopic (exact) mass is 190 g/mol. The van der Waals surface area contributed by atoms with Gasteiger partial charge in [0.2, 0.25) is 0 Å². The molecule has 0 saturated heterocycles. The molecule has 0 aromatic heterocycles. The Hall–Kier alpha value is -1.18. The van der Waals surface area contributed by atoms with Gasteiger partial charge in [0, 0.05) is 23.9 Å². The number of phenolic OH excluding ortho intramolecular Hbond substituents is 1. The van der Waals surface area contributed by atoms with Crippen LogP contribution in [0.4, 0.5) is 5.69 Å². The van der Waals surface area contributed by atoms with Crippen LogP contribution in [0.2, 0.25) is 0 Å². The molecule has 0 atom stereocenters. The van der Waals surface area contributed by atoms with Gasteiger partial charge < -0.3 is 10.4 Å². The van der Waals surface area contributed by atoms with E-state index in [0.717, 1.165) is 5.69 Å². The zero-order valence-electron chi connectivity index (χ0n) is 8.29. The average molecular weight is 190 g/mol. The Bertz CT molecular complexity index is 292. The molecule has 75 valence electrons. The minimum atomic E-state index is 0.214. The summed E-state index contributed by atoms with van der Waals surface area (Å²) in [6.07, 6.45) is 6.51. The molecule has 1 aromatic rings. The van der Waals surface area contributed by atoms with E-state index >= 15 is 0 Å².